The van der Waals surface area contributed by atoms with Crippen molar-refractivity contribution in [2.24, 2.45) is 5.41 Å². The standard InChI is InChI=1S/C12H15NO5S/c1-12(4-5-12)7-13-19(17,18)8-2-3-10(14)9(6-8)11(15)16/h2-3,6,13-14H,4-5,7H2,1H3,(H,15,16). The van der Waals surface area contributed by atoms with Crippen molar-refractivity contribution in [2.45, 2.75) is 24.7 Å². The molecule has 1 aromatic rings. The lowest BCUT2D eigenvalue weighted by Gasteiger charge is -2.11. The van der Waals surface area contributed by atoms with Crippen molar-refractivity contribution in [1.82, 2.24) is 4.72 Å². The van der Waals surface area contributed by atoms with Crippen molar-refractivity contribution in [2.75, 3.05) is 6.54 Å². The number of hydrogen-bond donors (Lipinski definition) is 3. The molecule has 0 aromatic heterocycles. The molecule has 19 heavy (non-hydrogen) atoms. The van der Waals surface area contributed by atoms with Crippen molar-refractivity contribution in [3.05, 3.63) is 23.8 Å². The van der Waals surface area contributed by atoms with Crippen molar-refractivity contribution in [3.63, 3.8) is 0 Å². The predicted octanol–water partition coefficient (Wildman–Crippen LogP) is 1.17. The van der Waals surface area contributed by atoms with E-state index in [0.29, 0.717) is 6.54 Å². The highest BCUT2D eigenvalue weighted by Crippen LogP contribution is 2.44. The van der Waals surface area contributed by atoms with Crippen LogP contribution in [-0.4, -0.2) is 31.1 Å². The topological polar surface area (TPSA) is 104 Å². The normalized spacial score (nSPS) is 17.1. The summed E-state index contributed by atoms with van der Waals surface area (Å²) in [5, 5.41) is 18.2. The summed E-state index contributed by atoms with van der Waals surface area (Å²) in [5.41, 5.74) is -0.417. The van der Waals surface area contributed by atoms with Gasteiger partial charge in [-0.15, -0.1) is 0 Å². The molecular weight excluding hydrogens is 270 g/mol. The van der Waals surface area contributed by atoms with Gasteiger partial charge in [0.05, 0.1) is 4.90 Å². The van der Waals surface area contributed by atoms with Crippen LogP contribution in [0.5, 0.6) is 5.75 Å². The van der Waals surface area contributed by atoms with Gasteiger partial charge in [0.2, 0.25) is 10.0 Å². The number of sulfonamides is 1. The number of carboxylic acid groups (broad SMARTS) is 1. The van der Waals surface area contributed by atoms with Gasteiger partial charge in [0.25, 0.3) is 0 Å². The summed E-state index contributed by atoms with van der Waals surface area (Å²) in [6, 6.07) is 3.20. The lowest BCUT2D eigenvalue weighted by Crippen LogP contribution is -2.29. The Morgan fingerprint density at radius 1 is 1.42 bits per heavy atom. The van der Waals surface area contributed by atoms with E-state index in [1.54, 1.807) is 0 Å². The number of carboxylic acids is 1. The molecule has 0 bridgehead atoms. The molecule has 1 aliphatic rings. The molecule has 1 fully saturated rings. The van der Waals surface area contributed by atoms with Crippen LogP contribution < -0.4 is 4.72 Å². The first kappa shape index (κ1) is 13.8. The fraction of sp³-hybridized carbons (Fsp3) is 0.417. The molecule has 3 N–H and O–H groups in total. The van der Waals surface area contributed by atoms with Crippen LogP contribution in [0.1, 0.15) is 30.1 Å². The zero-order valence-corrected chi connectivity index (χ0v) is 11.2. The molecule has 0 unspecified atom stereocenters. The molecule has 0 radical (unpaired) electrons. The average Bonchev–Trinajstić information content (AvgIpc) is 3.06. The number of hydrogen-bond acceptors (Lipinski definition) is 4. The summed E-state index contributed by atoms with van der Waals surface area (Å²) < 4.78 is 26.5. The third kappa shape index (κ3) is 3.05. The van der Waals surface area contributed by atoms with Gasteiger partial charge >= 0.3 is 5.97 Å². The fourth-order valence-electron chi connectivity index (χ4n) is 1.60. The lowest BCUT2D eigenvalue weighted by molar-refractivity contribution is 0.0693. The highest BCUT2D eigenvalue weighted by Gasteiger charge is 2.38. The lowest BCUT2D eigenvalue weighted by atomic mass is 10.2. The third-order valence-electron chi connectivity index (χ3n) is 3.30. The number of rotatable bonds is 5. The fourth-order valence-corrected chi connectivity index (χ4v) is 2.82. The monoisotopic (exact) mass is 285 g/mol. The van der Waals surface area contributed by atoms with E-state index in [4.69, 9.17) is 5.11 Å². The second kappa shape index (κ2) is 4.50. The van der Waals surface area contributed by atoms with E-state index in [9.17, 15) is 18.3 Å². The van der Waals surface area contributed by atoms with Crippen molar-refractivity contribution >= 4 is 16.0 Å². The van der Waals surface area contributed by atoms with Crippen LogP contribution >= 0.6 is 0 Å². The molecule has 7 heteroatoms. The van der Waals surface area contributed by atoms with Gasteiger partial charge in [0.15, 0.2) is 0 Å². The van der Waals surface area contributed by atoms with Gasteiger partial charge in [-0.3, -0.25) is 0 Å². The van der Waals surface area contributed by atoms with E-state index in [1.165, 1.54) is 6.07 Å². The molecule has 0 heterocycles. The quantitative estimate of drug-likeness (QED) is 0.753. The van der Waals surface area contributed by atoms with Gasteiger partial charge in [-0.1, -0.05) is 6.92 Å². The maximum absolute atomic E-state index is 12.0. The Balaban J connectivity index is 2.24. The van der Waals surface area contributed by atoms with Crippen LogP contribution in [0, 0.1) is 5.41 Å². The molecule has 6 nitrogen and oxygen atoms in total. The summed E-state index contributed by atoms with van der Waals surface area (Å²) in [4.78, 5) is 10.7. The van der Waals surface area contributed by atoms with Crippen molar-refractivity contribution in [1.29, 1.82) is 0 Å². The Kier molecular flexibility index (Phi) is 3.27. The van der Waals surface area contributed by atoms with Gasteiger partial charge in [0, 0.05) is 6.54 Å². The first-order valence-electron chi connectivity index (χ1n) is 5.80. The van der Waals surface area contributed by atoms with Crippen LogP contribution in [0.15, 0.2) is 23.1 Å². The molecule has 1 saturated carbocycles. The second-order valence-corrected chi connectivity index (χ2v) is 6.89. The van der Waals surface area contributed by atoms with Crippen molar-refractivity contribution < 1.29 is 23.4 Å². The van der Waals surface area contributed by atoms with E-state index >= 15 is 0 Å². The minimum Gasteiger partial charge on any atom is -0.507 e. The Hall–Kier alpha value is -1.60. The van der Waals surface area contributed by atoms with Crippen LogP contribution in [0.25, 0.3) is 0 Å². The second-order valence-electron chi connectivity index (χ2n) is 5.12. The van der Waals surface area contributed by atoms with E-state index in [1.807, 2.05) is 6.92 Å². The van der Waals surface area contributed by atoms with E-state index in [2.05, 4.69) is 4.72 Å². The summed E-state index contributed by atoms with van der Waals surface area (Å²) in [7, 11) is -3.75. The number of aromatic carboxylic acids is 1. The van der Waals surface area contributed by atoms with E-state index < -0.39 is 27.3 Å². The summed E-state index contributed by atoms with van der Waals surface area (Å²) in [5.74, 6) is -1.83. The van der Waals surface area contributed by atoms with Crippen LogP contribution in [0.4, 0.5) is 0 Å². The van der Waals surface area contributed by atoms with E-state index in [-0.39, 0.29) is 10.3 Å². The number of carbonyl (C=O) groups is 1. The predicted molar refractivity (Wildman–Crippen MR) is 67.6 cm³/mol. The number of phenols is 1. The summed E-state index contributed by atoms with van der Waals surface area (Å²) in [6.45, 7) is 2.31. The first-order valence-corrected chi connectivity index (χ1v) is 7.28. The Bertz CT molecular complexity index is 619. The van der Waals surface area contributed by atoms with Gasteiger partial charge in [0.1, 0.15) is 11.3 Å². The van der Waals surface area contributed by atoms with Gasteiger partial charge in [-0.05, 0) is 36.5 Å². The molecule has 0 atom stereocenters. The minimum atomic E-state index is -3.75. The minimum absolute atomic E-state index is 0.0135. The third-order valence-corrected chi connectivity index (χ3v) is 4.70. The maximum Gasteiger partial charge on any atom is 0.339 e. The van der Waals surface area contributed by atoms with Gasteiger partial charge in [-0.25, -0.2) is 17.9 Å². The number of nitrogens with one attached hydrogen (secondary N) is 1. The van der Waals surface area contributed by atoms with Crippen LogP contribution in [0.3, 0.4) is 0 Å². The molecule has 0 saturated heterocycles. The number of aromatic hydroxyl groups is 1. The van der Waals surface area contributed by atoms with Crippen molar-refractivity contribution in [3.8, 4) is 5.75 Å². The largest absolute Gasteiger partial charge is 0.507 e. The Morgan fingerprint density at radius 3 is 2.58 bits per heavy atom. The Labute approximate surface area is 111 Å². The molecule has 1 aliphatic carbocycles. The number of benzene rings is 1. The summed E-state index contributed by atoms with van der Waals surface area (Å²) >= 11 is 0. The molecule has 2 rings (SSSR count). The highest BCUT2D eigenvalue weighted by molar-refractivity contribution is 7.89. The van der Waals surface area contributed by atoms with Gasteiger partial charge in [-0.2, -0.15) is 0 Å². The molecule has 0 aliphatic heterocycles. The molecule has 0 spiro atoms. The first-order chi connectivity index (χ1) is 8.73. The van der Waals surface area contributed by atoms with E-state index in [0.717, 1.165) is 25.0 Å². The molecule has 0 amide bonds. The Morgan fingerprint density at radius 2 is 2.05 bits per heavy atom. The SMILES string of the molecule is CC1(CNS(=O)(=O)c2ccc(O)c(C(=O)O)c2)CC1. The molecular formula is C12H15NO5S. The average molecular weight is 285 g/mol. The highest BCUT2D eigenvalue weighted by atomic mass is 32.2. The van der Waals surface area contributed by atoms with Crippen LogP contribution in [0.2, 0.25) is 0 Å². The zero-order chi connectivity index (χ0) is 14.3. The van der Waals surface area contributed by atoms with Crippen LogP contribution in [-0.2, 0) is 10.0 Å². The van der Waals surface area contributed by atoms with Gasteiger partial charge < -0.3 is 10.2 Å². The zero-order valence-electron chi connectivity index (χ0n) is 10.4. The smallest absolute Gasteiger partial charge is 0.339 e. The maximum atomic E-state index is 12.0. The molecule has 104 valence electrons. The molecule has 1 aromatic carbocycles. The summed E-state index contributed by atoms with van der Waals surface area (Å²) in [6.07, 6.45) is 1.96.